The van der Waals surface area contributed by atoms with E-state index < -0.39 is 38.2 Å². The molecule has 10 heteroatoms. The summed E-state index contributed by atoms with van der Waals surface area (Å²) >= 11 is 0. The van der Waals surface area contributed by atoms with E-state index in [0.717, 1.165) is 10.4 Å². The standard InChI is InChI=1S/C30H38N2O7Si/c1-28(2,3)40(20-14-10-8-11-15-20,21-16-12-9-13-17-21)36-19-23-24-25(39-29(4,5)38-24)30(33,37-23)22-18-31-27(35-7)32-26(22)34-6/h8-18,23-25,33H,19H2,1-7H3/t23-,24-,25-,30?/m1/s1. The van der Waals surface area contributed by atoms with Crippen LogP contribution in [0.5, 0.6) is 11.9 Å². The maximum Gasteiger partial charge on any atom is 0.319 e. The van der Waals surface area contributed by atoms with Crippen molar-refractivity contribution in [1.29, 1.82) is 0 Å². The molecule has 0 saturated carbocycles. The molecule has 1 unspecified atom stereocenters. The van der Waals surface area contributed by atoms with Gasteiger partial charge in [-0.05, 0) is 29.3 Å². The smallest absolute Gasteiger partial charge is 0.319 e. The van der Waals surface area contributed by atoms with Crippen LogP contribution in [0.3, 0.4) is 0 Å². The SMILES string of the molecule is COc1ncc(C2(O)O[C@H](CO[Si](c3ccccc3)(c3ccccc3)C(C)(C)C)[C@H]3OC(C)(C)O[C@H]32)c(OC)n1. The second kappa shape index (κ2) is 10.5. The highest BCUT2D eigenvalue weighted by molar-refractivity contribution is 6.99. The summed E-state index contributed by atoms with van der Waals surface area (Å²) in [4.78, 5) is 8.45. The van der Waals surface area contributed by atoms with Crippen LogP contribution in [0.2, 0.25) is 5.04 Å². The first-order chi connectivity index (χ1) is 18.9. The van der Waals surface area contributed by atoms with Gasteiger partial charge in [0.05, 0.1) is 26.4 Å². The predicted octanol–water partition coefficient (Wildman–Crippen LogP) is 3.13. The lowest BCUT2D eigenvalue weighted by molar-refractivity contribution is -0.283. The lowest BCUT2D eigenvalue weighted by Gasteiger charge is -2.43. The van der Waals surface area contributed by atoms with Gasteiger partial charge in [-0.2, -0.15) is 4.98 Å². The number of ether oxygens (including phenoxy) is 5. The van der Waals surface area contributed by atoms with Gasteiger partial charge in [0, 0.05) is 6.20 Å². The first-order valence-electron chi connectivity index (χ1n) is 13.4. The second-order valence-electron chi connectivity index (χ2n) is 11.6. The van der Waals surface area contributed by atoms with Crippen molar-refractivity contribution in [2.24, 2.45) is 0 Å². The Kier molecular flexibility index (Phi) is 7.53. The van der Waals surface area contributed by atoms with Crippen molar-refractivity contribution < 1.29 is 33.2 Å². The van der Waals surface area contributed by atoms with Crippen LogP contribution in [0.4, 0.5) is 0 Å². The van der Waals surface area contributed by atoms with Gasteiger partial charge >= 0.3 is 6.01 Å². The number of methoxy groups -OCH3 is 2. The van der Waals surface area contributed by atoms with Gasteiger partial charge in [0.2, 0.25) is 11.7 Å². The molecule has 3 heterocycles. The first-order valence-corrected chi connectivity index (χ1v) is 15.3. The molecule has 2 saturated heterocycles. The molecule has 1 N–H and O–H groups in total. The fourth-order valence-corrected chi connectivity index (χ4v) is 10.5. The molecule has 0 spiro atoms. The molecule has 0 aliphatic carbocycles. The summed E-state index contributed by atoms with van der Waals surface area (Å²) in [7, 11) is 0.0409. The van der Waals surface area contributed by atoms with Crippen LogP contribution in [0, 0.1) is 0 Å². The summed E-state index contributed by atoms with van der Waals surface area (Å²) in [6.07, 6.45) is -0.724. The van der Waals surface area contributed by atoms with Gasteiger partial charge in [-0.1, -0.05) is 81.4 Å². The van der Waals surface area contributed by atoms with Gasteiger partial charge in [0.1, 0.15) is 18.3 Å². The fraction of sp³-hybridized carbons (Fsp3) is 0.467. The second-order valence-corrected chi connectivity index (χ2v) is 15.9. The fourth-order valence-electron chi connectivity index (χ4n) is 5.89. The average molecular weight is 567 g/mol. The molecular formula is C30H38N2O7Si. The van der Waals surface area contributed by atoms with E-state index in [4.69, 9.17) is 28.1 Å². The minimum atomic E-state index is -2.88. The Labute approximate surface area is 236 Å². The number of fused-ring (bicyclic) bond motifs is 1. The Balaban J connectivity index is 1.55. The summed E-state index contributed by atoms with van der Waals surface area (Å²) in [6, 6.07) is 20.8. The van der Waals surface area contributed by atoms with E-state index in [1.165, 1.54) is 20.4 Å². The Morgan fingerprint density at radius 2 is 1.50 bits per heavy atom. The van der Waals surface area contributed by atoms with Crippen LogP contribution >= 0.6 is 0 Å². The van der Waals surface area contributed by atoms with Crippen molar-refractivity contribution >= 4 is 18.7 Å². The van der Waals surface area contributed by atoms with Crippen LogP contribution in [0.25, 0.3) is 0 Å². The molecule has 214 valence electrons. The molecule has 2 aliphatic rings. The number of aliphatic hydroxyl groups is 1. The topological polar surface area (TPSA) is 101 Å². The summed E-state index contributed by atoms with van der Waals surface area (Å²) in [5, 5.41) is 14.1. The number of aromatic nitrogens is 2. The number of hydrogen-bond acceptors (Lipinski definition) is 9. The predicted molar refractivity (Wildman–Crippen MR) is 151 cm³/mol. The third-order valence-electron chi connectivity index (χ3n) is 7.59. The van der Waals surface area contributed by atoms with Gasteiger partial charge in [-0.25, -0.2) is 4.98 Å². The molecule has 3 aromatic rings. The number of nitrogens with zero attached hydrogens (tertiary/aromatic N) is 2. The van der Waals surface area contributed by atoms with Crippen molar-refractivity contribution in [2.45, 2.75) is 69.5 Å². The van der Waals surface area contributed by atoms with Gasteiger partial charge < -0.3 is 33.2 Å². The Hall–Kier alpha value is -2.86. The monoisotopic (exact) mass is 566 g/mol. The van der Waals surface area contributed by atoms with Crippen molar-refractivity contribution in [2.75, 3.05) is 20.8 Å². The minimum Gasteiger partial charge on any atom is -0.480 e. The van der Waals surface area contributed by atoms with Crippen molar-refractivity contribution in [3.8, 4) is 11.9 Å². The zero-order chi connectivity index (χ0) is 28.8. The minimum absolute atomic E-state index is 0.106. The molecule has 4 atom stereocenters. The molecule has 40 heavy (non-hydrogen) atoms. The van der Waals surface area contributed by atoms with Crippen molar-refractivity contribution in [3.05, 3.63) is 72.4 Å². The largest absolute Gasteiger partial charge is 0.480 e. The normalized spacial score (nSPS) is 25.9. The highest BCUT2D eigenvalue weighted by Crippen LogP contribution is 2.50. The van der Waals surface area contributed by atoms with Crippen LogP contribution in [0.15, 0.2) is 66.9 Å². The van der Waals surface area contributed by atoms with Crippen LogP contribution < -0.4 is 19.8 Å². The maximum absolute atomic E-state index is 12.1. The molecule has 0 bridgehead atoms. The first kappa shape index (κ1) is 28.7. The van der Waals surface area contributed by atoms with E-state index in [-0.39, 0.29) is 29.1 Å². The molecule has 0 amide bonds. The zero-order valence-corrected chi connectivity index (χ0v) is 25.1. The average Bonchev–Trinajstić information content (AvgIpc) is 3.40. The zero-order valence-electron chi connectivity index (χ0n) is 24.1. The van der Waals surface area contributed by atoms with Gasteiger partial charge in [0.25, 0.3) is 8.32 Å². The molecular weight excluding hydrogens is 528 g/mol. The van der Waals surface area contributed by atoms with Crippen LogP contribution in [-0.4, -0.2) is 68.3 Å². The summed E-state index contributed by atoms with van der Waals surface area (Å²) in [5.74, 6) is -2.78. The molecule has 9 nitrogen and oxygen atoms in total. The highest BCUT2D eigenvalue weighted by Gasteiger charge is 2.65. The van der Waals surface area contributed by atoms with E-state index >= 15 is 0 Å². The Bertz CT molecular complexity index is 1280. The van der Waals surface area contributed by atoms with Gasteiger partial charge in [-0.3, -0.25) is 0 Å². The van der Waals surface area contributed by atoms with Crippen molar-refractivity contribution in [3.63, 3.8) is 0 Å². The molecule has 0 radical (unpaired) electrons. The van der Waals surface area contributed by atoms with Gasteiger partial charge in [-0.15, -0.1) is 0 Å². The summed E-state index contributed by atoms with van der Waals surface area (Å²) < 4.78 is 36.7. The third-order valence-corrected chi connectivity index (χ3v) is 12.6. The third kappa shape index (κ3) is 4.82. The lowest BCUT2D eigenvalue weighted by atomic mass is 10.00. The van der Waals surface area contributed by atoms with Gasteiger partial charge in [0.15, 0.2) is 5.79 Å². The van der Waals surface area contributed by atoms with Crippen LogP contribution in [0.1, 0.15) is 40.2 Å². The van der Waals surface area contributed by atoms with E-state index in [1.54, 1.807) is 0 Å². The van der Waals surface area contributed by atoms with E-state index in [1.807, 2.05) is 50.2 Å². The Morgan fingerprint density at radius 3 is 2.02 bits per heavy atom. The lowest BCUT2D eigenvalue weighted by Crippen LogP contribution is -2.67. The Morgan fingerprint density at radius 1 is 0.900 bits per heavy atom. The highest BCUT2D eigenvalue weighted by atomic mass is 28.4. The molecule has 1 aromatic heterocycles. The molecule has 5 rings (SSSR count). The van der Waals surface area contributed by atoms with Crippen molar-refractivity contribution in [1.82, 2.24) is 9.97 Å². The van der Waals surface area contributed by atoms with E-state index in [0.29, 0.717) is 0 Å². The van der Waals surface area contributed by atoms with E-state index in [9.17, 15) is 5.11 Å². The molecule has 2 aromatic carbocycles. The molecule has 2 fully saturated rings. The number of hydrogen-bond donors (Lipinski definition) is 1. The van der Waals surface area contributed by atoms with E-state index in [2.05, 4.69) is 55.0 Å². The number of benzene rings is 2. The maximum atomic E-state index is 12.1. The summed E-state index contributed by atoms with van der Waals surface area (Å²) in [6.45, 7) is 10.4. The van der Waals surface area contributed by atoms with Crippen LogP contribution in [-0.2, 0) is 24.4 Å². The molecule has 2 aliphatic heterocycles. The number of rotatable bonds is 8. The summed E-state index contributed by atoms with van der Waals surface area (Å²) in [5.41, 5.74) is 0.222. The quantitative estimate of drug-likeness (QED) is 0.412.